The van der Waals surface area contributed by atoms with Crippen LogP contribution in [0.25, 0.3) is 0 Å². The first-order valence-electron chi connectivity index (χ1n) is 8.20. The summed E-state index contributed by atoms with van der Waals surface area (Å²) in [5.41, 5.74) is -1.59. The SMILES string of the molecule is O=C(NC1CCCC1)c1cnc(Nc2cc(Cl)cc(Cl)c2)nc1C(F)(F)F. The second-order valence-corrected chi connectivity index (χ2v) is 7.06. The minimum absolute atomic E-state index is 0.120. The van der Waals surface area contributed by atoms with Crippen LogP contribution in [0.2, 0.25) is 10.0 Å². The maximum Gasteiger partial charge on any atom is 0.434 e. The van der Waals surface area contributed by atoms with E-state index in [1.165, 1.54) is 18.2 Å². The number of carbonyl (C=O) groups is 1. The number of hydrogen-bond donors (Lipinski definition) is 2. The number of nitrogens with one attached hydrogen (secondary N) is 2. The van der Waals surface area contributed by atoms with Crippen LogP contribution >= 0.6 is 23.2 Å². The molecule has 144 valence electrons. The molecule has 0 spiro atoms. The molecule has 1 aromatic carbocycles. The highest BCUT2D eigenvalue weighted by atomic mass is 35.5. The molecular formula is C17H15Cl2F3N4O. The number of anilines is 2. The molecule has 2 aromatic rings. The third-order valence-corrected chi connectivity index (χ3v) is 4.55. The lowest BCUT2D eigenvalue weighted by molar-refractivity contribution is -0.141. The van der Waals surface area contributed by atoms with Gasteiger partial charge in [0.05, 0.1) is 5.56 Å². The molecule has 10 heteroatoms. The van der Waals surface area contributed by atoms with Crippen LogP contribution in [-0.4, -0.2) is 21.9 Å². The summed E-state index contributed by atoms with van der Waals surface area (Å²) in [6.07, 6.45) is -0.550. The normalized spacial score (nSPS) is 15.0. The Morgan fingerprint density at radius 2 is 1.74 bits per heavy atom. The van der Waals surface area contributed by atoms with E-state index in [4.69, 9.17) is 23.2 Å². The summed E-state index contributed by atoms with van der Waals surface area (Å²) in [5, 5.41) is 5.83. The minimum Gasteiger partial charge on any atom is -0.349 e. The Morgan fingerprint density at radius 3 is 2.33 bits per heavy atom. The zero-order valence-corrected chi connectivity index (χ0v) is 15.4. The van der Waals surface area contributed by atoms with Gasteiger partial charge in [0.15, 0.2) is 5.69 Å². The molecule has 27 heavy (non-hydrogen) atoms. The number of rotatable bonds is 4. The van der Waals surface area contributed by atoms with E-state index in [-0.39, 0.29) is 12.0 Å². The number of nitrogens with zero attached hydrogens (tertiary/aromatic N) is 2. The molecule has 0 bridgehead atoms. The molecule has 0 saturated heterocycles. The minimum atomic E-state index is -4.81. The summed E-state index contributed by atoms with van der Waals surface area (Å²) in [6.45, 7) is 0. The van der Waals surface area contributed by atoms with E-state index in [2.05, 4.69) is 20.6 Å². The Kier molecular flexibility index (Phi) is 5.76. The Labute approximate surface area is 163 Å². The first-order valence-corrected chi connectivity index (χ1v) is 8.96. The average Bonchev–Trinajstić information content (AvgIpc) is 3.06. The predicted molar refractivity (Wildman–Crippen MR) is 96.5 cm³/mol. The van der Waals surface area contributed by atoms with Crippen LogP contribution in [0.15, 0.2) is 24.4 Å². The summed E-state index contributed by atoms with van der Waals surface area (Å²) in [4.78, 5) is 19.6. The molecule has 1 heterocycles. The fourth-order valence-electron chi connectivity index (χ4n) is 2.91. The van der Waals surface area contributed by atoms with Crippen LogP contribution in [0.1, 0.15) is 41.7 Å². The first kappa shape index (κ1) is 19.7. The standard InChI is InChI=1S/C17H15Cl2F3N4O/c18-9-5-10(19)7-12(6-9)25-16-23-8-13(14(26-16)17(20,21)22)15(27)24-11-3-1-2-4-11/h5-8,11H,1-4H2,(H,24,27)(H,23,25,26). The van der Waals surface area contributed by atoms with E-state index >= 15 is 0 Å². The van der Waals surface area contributed by atoms with E-state index in [0.717, 1.165) is 31.9 Å². The second-order valence-electron chi connectivity index (χ2n) is 6.19. The Balaban J connectivity index is 1.88. The highest BCUT2D eigenvalue weighted by Crippen LogP contribution is 2.32. The molecule has 1 amide bonds. The molecule has 5 nitrogen and oxygen atoms in total. The lowest BCUT2D eigenvalue weighted by Gasteiger charge is -2.16. The van der Waals surface area contributed by atoms with E-state index < -0.39 is 23.3 Å². The van der Waals surface area contributed by atoms with Crippen molar-refractivity contribution in [2.75, 3.05) is 5.32 Å². The van der Waals surface area contributed by atoms with Crippen molar-refractivity contribution < 1.29 is 18.0 Å². The number of benzene rings is 1. The van der Waals surface area contributed by atoms with Crippen LogP contribution in [0.4, 0.5) is 24.8 Å². The van der Waals surface area contributed by atoms with Crippen LogP contribution in [-0.2, 0) is 6.18 Å². The number of halogens is 5. The summed E-state index contributed by atoms with van der Waals surface area (Å²) < 4.78 is 40.3. The number of alkyl halides is 3. The molecule has 3 rings (SSSR count). The van der Waals surface area contributed by atoms with Crippen molar-refractivity contribution in [1.29, 1.82) is 0 Å². The smallest absolute Gasteiger partial charge is 0.349 e. The van der Waals surface area contributed by atoms with Crippen molar-refractivity contribution in [3.63, 3.8) is 0 Å². The van der Waals surface area contributed by atoms with Gasteiger partial charge in [-0.2, -0.15) is 13.2 Å². The van der Waals surface area contributed by atoms with Crippen molar-refractivity contribution in [1.82, 2.24) is 15.3 Å². The van der Waals surface area contributed by atoms with Gasteiger partial charge in [0.2, 0.25) is 5.95 Å². The van der Waals surface area contributed by atoms with Crippen molar-refractivity contribution in [3.05, 3.63) is 45.7 Å². The topological polar surface area (TPSA) is 66.9 Å². The van der Waals surface area contributed by atoms with Gasteiger partial charge in [-0.05, 0) is 31.0 Å². The van der Waals surface area contributed by atoms with Gasteiger partial charge in [-0.15, -0.1) is 0 Å². The van der Waals surface area contributed by atoms with E-state index in [1.54, 1.807) is 0 Å². The van der Waals surface area contributed by atoms with Crippen molar-refractivity contribution in [3.8, 4) is 0 Å². The quantitative estimate of drug-likeness (QED) is 0.714. The molecule has 1 aliphatic carbocycles. The largest absolute Gasteiger partial charge is 0.434 e. The second kappa shape index (κ2) is 7.90. The molecule has 0 atom stereocenters. The van der Waals surface area contributed by atoms with Crippen LogP contribution in [0.5, 0.6) is 0 Å². The number of carbonyl (C=O) groups excluding carboxylic acids is 1. The van der Waals surface area contributed by atoms with E-state index in [1.807, 2.05) is 0 Å². The zero-order valence-electron chi connectivity index (χ0n) is 13.9. The highest BCUT2D eigenvalue weighted by Gasteiger charge is 2.38. The van der Waals surface area contributed by atoms with Crippen molar-refractivity contribution >= 4 is 40.7 Å². The van der Waals surface area contributed by atoms with Gasteiger partial charge in [-0.1, -0.05) is 36.0 Å². The Hall–Kier alpha value is -2.06. The highest BCUT2D eigenvalue weighted by molar-refractivity contribution is 6.35. The van der Waals surface area contributed by atoms with Crippen LogP contribution in [0, 0.1) is 0 Å². The van der Waals surface area contributed by atoms with E-state index in [9.17, 15) is 18.0 Å². The molecule has 0 unspecified atom stereocenters. The van der Waals surface area contributed by atoms with Gasteiger partial charge >= 0.3 is 6.18 Å². The predicted octanol–water partition coefficient (Wildman–Crippen LogP) is 5.22. The maximum absolute atomic E-state index is 13.4. The number of hydrogen-bond acceptors (Lipinski definition) is 4. The molecule has 1 fully saturated rings. The Bertz CT molecular complexity index is 834. The van der Waals surface area contributed by atoms with Gasteiger partial charge < -0.3 is 10.6 Å². The lowest BCUT2D eigenvalue weighted by Crippen LogP contribution is -2.34. The zero-order chi connectivity index (χ0) is 19.6. The first-order chi connectivity index (χ1) is 12.7. The summed E-state index contributed by atoms with van der Waals surface area (Å²) in [7, 11) is 0. The molecule has 0 radical (unpaired) electrons. The molecular weight excluding hydrogens is 404 g/mol. The maximum atomic E-state index is 13.4. The monoisotopic (exact) mass is 418 g/mol. The molecule has 0 aliphatic heterocycles. The summed E-state index contributed by atoms with van der Waals surface area (Å²) >= 11 is 11.7. The number of aromatic nitrogens is 2. The summed E-state index contributed by atoms with van der Waals surface area (Å²) in [6, 6.07) is 4.28. The van der Waals surface area contributed by atoms with Gasteiger partial charge in [0, 0.05) is 28.0 Å². The van der Waals surface area contributed by atoms with Gasteiger partial charge in [0.1, 0.15) is 0 Å². The van der Waals surface area contributed by atoms with Crippen molar-refractivity contribution in [2.24, 2.45) is 0 Å². The third-order valence-electron chi connectivity index (χ3n) is 4.11. The average molecular weight is 419 g/mol. The van der Waals surface area contributed by atoms with Gasteiger partial charge in [-0.3, -0.25) is 4.79 Å². The van der Waals surface area contributed by atoms with Crippen LogP contribution in [0.3, 0.4) is 0 Å². The van der Waals surface area contributed by atoms with Gasteiger partial charge in [-0.25, -0.2) is 9.97 Å². The molecule has 1 aliphatic rings. The Morgan fingerprint density at radius 1 is 1.11 bits per heavy atom. The van der Waals surface area contributed by atoms with Crippen molar-refractivity contribution in [2.45, 2.75) is 37.9 Å². The lowest BCUT2D eigenvalue weighted by atomic mass is 10.1. The molecule has 1 saturated carbocycles. The fraction of sp³-hybridized carbons (Fsp3) is 0.353. The van der Waals surface area contributed by atoms with Crippen LogP contribution < -0.4 is 10.6 Å². The molecule has 1 aromatic heterocycles. The summed E-state index contributed by atoms with van der Waals surface area (Å²) in [5.74, 6) is -1.15. The van der Waals surface area contributed by atoms with E-state index in [0.29, 0.717) is 15.7 Å². The van der Waals surface area contributed by atoms with Gasteiger partial charge in [0.25, 0.3) is 5.91 Å². The molecule has 2 N–H and O–H groups in total. The fourth-order valence-corrected chi connectivity index (χ4v) is 3.44. The number of amides is 1. The third kappa shape index (κ3) is 5.01.